The molecule has 2 aliphatic rings. The topological polar surface area (TPSA) is 30.2 Å². The average molecular weight is 176 g/mol. The first-order valence-corrected chi connectivity index (χ1v) is 4.99. The minimum atomic E-state index is 0.281. The summed E-state index contributed by atoms with van der Waals surface area (Å²) in [5, 5.41) is 0. The van der Waals surface area contributed by atoms with Crippen LogP contribution >= 0.6 is 0 Å². The Morgan fingerprint density at radius 3 is 3.15 bits per heavy atom. The van der Waals surface area contributed by atoms with Crippen molar-refractivity contribution < 1.29 is 9.21 Å². The monoisotopic (exact) mass is 176 g/mol. The lowest BCUT2D eigenvalue weighted by Gasteiger charge is -2.25. The fraction of sp³-hybridized carbons (Fsp3) is 0.545. The van der Waals surface area contributed by atoms with Crippen molar-refractivity contribution in [1.82, 2.24) is 0 Å². The molecule has 3 rings (SSSR count). The standard InChI is InChI=1S/C11H12O2/c12-9-5-4-7-2-1-3-10-11(7)8(9)6-13-10/h6-7H,1-5H2. The van der Waals surface area contributed by atoms with Gasteiger partial charge in [0, 0.05) is 18.4 Å². The Hall–Kier alpha value is -1.05. The first kappa shape index (κ1) is 7.36. The van der Waals surface area contributed by atoms with Crippen LogP contribution in [-0.4, -0.2) is 5.78 Å². The van der Waals surface area contributed by atoms with Crippen LogP contribution in [0.5, 0.6) is 0 Å². The fourth-order valence-corrected chi connectivity index (χ4v) is 2.65. The molecular formula is C11H12O2. The molecule has 0 bridgehead atoms. The van der Waals surface area contributed by atoms with Gasteiger partial charge in [0.05, 0.1) is 5.56 Å². The summed E-state index contributed by atoms with van der Waals surface area (Å²) in [5.74, 6) is 1.98. The zero-order valence-electron chi connectivity index (χ0n) is 7.51. The van der Waals surface area contributed by atoms with Crippen molar-refractivity contribution >= 4 is 5.78 Å². The highest BCUT2D eigenvalue weighted by Crippen LogP contribution is 2.41. The van der Waals surface area contributed by atoms with Crippen LogP contribution in [0.25, 0.3) is 0 Å². The highest BCUT2D eigenvalue weighted by Gasteiger charge is 2.32. The van der Waals surface area contributed by atoms with Crippen molar-refractivity contribution in [3.63, 3.8) is 0 Å². The van der Waals surface area contributed by atoms with E-state index in [2.05, 4.69) is 0 Å². The number of Topliss-reactive ketones (excluding diaryl/α,β-unsaturated/α-hetero) is 1. The number of rotatable bonds is 0. The zero-order valence-corrected chi connectivity index (χ0v) is 7.51. The van der Waals surface area contributed by atoms with E-state index >= 15 is 0 Å². The predicted molar refractivity (Wildman–Crippen MR) is 48.0 cm³/mol. The zero-order chi connectivity index (χ0) is 8.84. The van der Waals surface area contributed by atoms with Gasteiger partial charge >= 0.3 is 0 Å². The van der Waals surface area contributed by atoms with Crippen molar-refractivity contribution in [1.29, 1.82) is 0 Å². The van der Waals surface area contributed by atoms with Gasteiger partial charge in [-0.1, -0.05) is 0 Å². The van der Waals surface area contributed by atoms with Crippen LogP contribution in [0, 0.1) is 0 Å². The van der Waals surface area contributed by atoms with Crippen LogP contribution in [0.4, 0.5) is 0 Å². The molecule has 0 N–H and O–H groups in total. The van der Waals surface area contributed by atoms with Gasteiger partial charge in [0.2, 0.25) is 0 Å². The number of ketones is 1. The first-order valence-electron chi connectivity index (χ1n) is 4.99. The molecule has 0 aromatic carbocycles. The maximum atomic E-state index is 11.5. The summed E-state index contributed by atoms with van der Waals surface area (Å²) in [6.45, 7) is 0. The lowest BCUT2D eigenvalue weighted by atomic mass is 9.77. The van der Waals surface area contributed by atoms with E-state index in [4.69, 9.17) is 4.42 Å². The van der Waals surface area contributed by atoms with Gasteiger partial charge in [-0.2, -0.15) is 0 Å². The second-order valence-corrected chi connectivity index (χ2v) is 4.04. The second kappa shape index (κ2) is 2.47. The summed E-state index contributed by atoms with van der Waals surface area (Å²) < 4.78 is 5.44. The van der Waals surface area contributed by atoms with Crippen LogP contribution in [0.2, 0.25) is 0 Å². The van der Waals surface area contributed by atoms with E-state index in [9.17, 15) is 4.79 Å². The van der Waals surface area contributed by atoms with Gasteiger partial charge in [-0.15, -0.1) is 0 Å². The fourth-order valence-electron chi connectivity index (χ4n) is 2.65. The molecular weight excluding hydrogens is 164 g/mol. The Bertz CT molecular complexity index is 362. The number of carbonyl (C=O) groups is 1. The molecule has 0 aliphatic heterocycles. The van der Waals surface area contributed by atoms with E-state index in [0.29, 0.717) is 5.92 Å². The van der Waals surface area contributed by atoms with E-state index in [0.717, 1.165) is 30.6 Å². The van der Waals surface area contributed by atoms with Gasteiger partial charge in [-0.25, -0.2) is 0 Å². The maximum Gasteiger partial charge on any atom is 0.166 e. The molecule has 1 aromatic heterocycles. The molecule has 1 unspecified atom stereocenters. The van der Waals surface area contributed by atoms with Crippen LogP contribution in [0.1, 0.15) is 53.3 Å². The SMILES string of the molecule is O=C1CCC2CCCc3occ1c32. The molecule has 1 heterocycles. The summed E-state index contributed by atoms with van der Waals surface area (Å²) in [4.78, 5) is 11.5. The highest BCUT2D eigenvalue weighted by molar-refractivity contribution is 5.98. The molecule has 2 heteroatoms. The predicted octanol–water partition coefficient (Wildman–Crippen LogP) is 2.68. The van der Waals surface area contributed by atoms with E-state index in [-0.39, 0.29) is 5.78 Å². The molecule has 68 valence electrons. The summed E-state index contributed by atoms with van der Waals surface area (Å²) in [5.41, 5.74) is 2.13. The van der Waals surface area contributed by atoms with Crippen molar-refractivity contribution in [3.05, 3.63) is 23.2 Å². The second-order valence-electron chi connectivity index (χ2n) is 4.04. The van der Waals surface area contributed by atoms with Crippen molar-refractivity contribution in [3.8, 4) is 0 Å². The van der Waals surface area contributed by atoms with Crippen LogP contribution < -0.4 is 0 Å². The molecule has 0 radical (unpaired) electrons. The lowest BCUT2D eigenvalue weighted by Crippen LogP contribution is -2.18. The minimum Gasteiger partial charge on any atom is -0.468 e. The molecule has 13 heavy (non-hydrogen) atoms. The molecule has 0 saturated carbocycles. The van der Waals surface area contributed by atoms with Crippen LogP contribution in [0.15, 0.2) is 10.7 Å². The third-order valence-corrected chi connectivity index (χ3v) is 3.29. The summed E-state index contributed by atoms with van der Waals surface area (Å²) in [6, 6.07) is 0. The Balaban J connectivity index is 2.20. The molecule has 0 saturated heterocycles. The van der Waals surface area contributed by atoms with E-state index < -0.39 is 0 Å². The van der Waals surface area contributed by atoms with Crippen LogP contribution in [0.3, 0.4) is 0 Å². The van der Waals surface area contributed by atoms with Gasteiger partial charge in [0.1, 0.15) is 12.0 Å². The molecule has 0 spiro atoms. The van der Waals surface area contributed by atoms with Gasteiger partial charge < -0.3 is 4.42 Å². The lowest BCUT2D eigenvalue weighted by molar-refractivity contribution is 0.0965. The number of carbonyl (C=O) groups excluding carboxylic acids is 1. The third kappa shape index (κ3) is 0.916. The molecule has 1 atom stereocenters. The molecule has 0 fully saturated rings. The number of furan rings is 1. The van der Waals surface area contributed by atoms with Crippen LogP contribution in [-0.2, 0) is 6.42 Å². The molecule has 2 nitrogen and oxygen atoms in total. The van der Waals surface area contributed by atoms with Gasteiger partial charge in [0.15, 0.2) is 5.78 Å². The Kier molecular flexibility index (Phi) is 1.40. The normalized spacial score (nSPS) is 25.8. The Morgan fingerprint density at radius 2 is 2.23 bits per heavy atom. The van der Waals surface area contributed by atoms with E-state index in [1.165, 1.54) is 18.4 Å². The molecule has 1 aromatic rings. The van der Waals surface area contributed by atoms with Gasteiger partial charge in [0.25, 0.3) is 0 Å². The minimum absolute atomic E-state index is 0.281. The van der Waals surface area contributed by atoms with Gasteiger partial charge in [-0.3, -0.25) is 4.79 Å². The van der Waals surface area contributed by atoms with E-state index in [1.807, 2.05) is 0 Å². The quantitative estimate of drug-likeness (QED) is 0.608. The highest BCUT2D eigenvalue weighted by atomic mass is 16.3. The number of hydrogen-bond donors (Lipinski definition) is 0. The number of aryl methyl sites for hydroxylation is 1. The van der Waals surface area contributed by atoms with Crippen molar-refractivity contribution in [2.24, 2.45) is 0 Å². The Labute approximate surface area is 76.9 Å². The first-order chi connectivity index (χ1) is 6.36. The summed E-state index contributed by atoms with van der Waals surface area (Å²) >= 11 is 0. The third-order valence-electron chi connectivity index (χ3n) is 3.29. The smallest absolute Gasteiger partial charge is 0.166 e. The maximum absolute atomic E-state index is 11.5. The summed E-state index contributed by atoms with van der Waals surface area (Å²) in [6.07, 6.45) is 6.92. The molecule has 0 amide bonds. The van der Waals surface area contributed by atoms with E-state index in [1.54, 1.807) is 6.26 Å². The van der Waals surface area contributed by atoms with Crippen molar-refractivity contribution in [2.75, 3.05) is 0 Å². The summed E-state index contributed by atoms with van der Waals surface area (Å²) in [7, 11) is 0. The number of hydrogen-bond acceptors (Lipinski definition) is 2. The van der Waals surface area contributed by atoms with Crippen molar-refractivity contribution in [2.45, 2.75) is 38.0 Å². The largest absolute Gasteiger partial charge is 0.468 e. The average Bonchev–Trinajstić information content (AvgIpc) is 2.57. The Morgan fingerprint density at radius 1 is 1.31 bits per heavy atom. The van der Waals surface area contributed by atoms with Gasteiger partial charge in [-0.05, 0) is 25.2 Å². The molecule has 2 aliphatic carbocycles.